The van der Waals surface area contributed by atoms with Crippen molar-refractivity contribution in [1.29, 1.82) is 0 Å². The molecule has 7 aliphatic rings. The van der Waals surface area contributed by atoms with Crippen LogP contribution in [0.1, 0.15) is 84.8 Å². The molecule has 2 amide bonds. The number of ether oxygens (including phenoxy) is 1. The molecule has 10 heterocycles. The second kappa shape index (κ2) is 25.1. The van der Waals surface area contributed by atoms with Crippen LogP contribution in [0.15, 0.2) is 76.9 Å². The molecular weight excluding hydrogens is 1120 g/mol. The highest BCUT2D eigenvalue weighted by atomic mass is 32.2. The summed E-state index contributed by atoms with van der Waals surface area (Å²) < 4.78 is 14.2. The minimum Gasteiger partial charge on any atom is -0.477 e. The molecule has 0 unspecified atom stereocenters. The Balaban J connectivity index is 0.000000168. The zero-order valence-corrected chi connectivity index (χ0v) is 52.4. The summed E-state index contributed by atoms with van der Waals surface area (Å²) >= 11 is 12.5. The minimum absolute atomic E-state index is 0.0232. The van der Waals surface area contributed by atoms with Gasteiger partial charge in [0.15, 0.2) is 21.0 Å². The molecule has 0 aromatic carbocycles. The number of hydrogen-bond donors (Lipinski definition) is 4. The number of carbonyl (C=O) groups excluding carboxylic acids is 3. The number of aromatic nitrogens is 3. The minimum atomic E-state index is -1.83. The van der Waals surface area contributed by atoms with E-state index >= 15 is 0 Å². The summed E-state index contributed by atoms with van der Waals surface area (Å²) in [6, 6.07) is 1.22. The lowest BCUT2D eigenvalue weighted by Gasteiger charge is -2.48. The van der Waals surface area contributed by atoms with E-state index in [1.807, 2.05) is 19.2 Å². The molecule has 0 radical (unpaired) electrons. The van der Waals surface area contributed by atoms with E-state index in [-0.39, 0.29) is 60.1 Å². The van der Waals surface area contributed by atoms with Gasteiger partial charge in [-0.2, -0.15) is 0 Å². The highest BCUT2D eigenvalue weighted by Gasteiger charge is 2.62. The first kappa shape index (κ1) is 60.2. The fourth-order valence-electron chi connectivity index (χ4n) is 11.0. The number of carbonyl (C=O) groups is 4. The van der Waals surface area contributed by atoms with E-state index in [2.05, 4.69) is 122 Å². The molecule has 3 aromatic rings. The molecule has 2 fully saturated rings. The number of carboxylic acid groups (broad SMARTS) is 1. The van der Waals surface area contributed by atoms with Crippen molar-refractivity contribution in [3.8, 4) is 0 Å². The Kier molecular flexibility index (Phi) is 19.4. The summed E-state index contributed by atoms with van der Waals surface area (Å²) in [5.74, 6) is -2.98. The van der Waals surface area contributed by atoms with Gasteiger partial charge in [-0.05, 0) is 117 Å². The number of aliphatic carboxylic acids is 1. The Labute approximate surface area is 485 Å². The Hall–Kier alpha value is -3.85. The predicted molar refractivity (Wildman–Crippen MR) is 320 cm³/mol. The molecule has 3 aromatic heterocycles. The van der Waals surface area contributed by atoms with Crippen LogP contribution >= 0.6 is 69.8 Å². The number of hydrogen-bond acceptors (Lipinski definition) is 18. The van der Waals surface area contributed by atoms with E-state index in [4.69, 9.17) is 26.4 Å². The lowest BCUT2D eigenvalue weighted by molar-refractivity contribution is -0.163. The number of amides is 2. The number of rotatable bonds is 15. The van der Waals surface area contributed by atoms with Crippen LogP contribution in [0.25, 0.3) is 16.7 Å². The van der Waals surface area contributed by atoms with Crippen molar-refractivity contribution >= 4 is 119 Å². The molecule has 2 saturated heterocycles. The third-order valence-electron chi connectivity index (χ3n) is 15.5. The van der Waals surface area contributed by atoms with Crippen molar-refractivity contribution in [2.45, 2.75) is 138 Å². The van der Waals surface area contributed by atoms with E-state index < -0.39 is 32.3 Å². The number of thioether (sulfide) groups is 2. The first-order valence-corrected chi connectivity index (χ1v) is 34.7. The quantitative estimate of drug-likeness (QED) is 0.0369. The van der Waals surface area contributed by atoms with Gasteiger partial charge in [-0.25, -0.2) is 19.6 Å². The van der Waals surface area contributed by atoms with Gasteiger partial charge >= 0.3 is 11.9 Å². The molecule has 0 spiro atoms. The van der Waals surface area contributed by atoms with Gasteiger partial charge in [0.1, 0.15) is 18.0 Å². The van der Waals surface area contributed by atoms with E-state index in [9.17, 15) is 29.4 Å². The summed E-state index contributed by atoms with van der Waals surface area (Å²) in [6.07, 6.45) is 10.4. The third kappa shape index (κ3) is 12.9. The van der Waals surface area contributed by atoms with Crippen LogP contribution in [0.5, 0.6) is 0 Å². The number of nitrogens with zero attached hydrogens (tertiary/aromatic N) is 6. The largest absolute Gasteiger partial charge is 0.477 e. The number of thiazole rings is 3. The van der Waals surface area contributed by atoms with Crippen molar-refractivity contribution in [3.63, 3.8) is 0 Å². The standard InChI is InChI=1S/C26H37N3O4S2Si.C19H23N3O4S2.C10H14N2S2/c1-9-12-32-25(31)22-23(16(3)21-20(24(30)29(21)22)17(4)33-36(6,7)8)35-26-27-19(14-34-26)18-11-10-15(2)28(5)13-18;1-8-4-5-11(6-20-8)12-7-27-19(21-12)28-16-9(2)14-13(10(3)23)17(24)22(14)15(16)18(25)26;1-7-3-4-8(5-12(7)2)9-6-14-10(13)11-9/h9,11,14-17,20-21H,1,10,12-13H2,2-8H3;5,7-10,13-14,20,23H,4,6H2,1-3H3,(H,25,26);4,6-7H,3,5H2,1-2H3,(H,11,13)/t15-,16+,17+,20+,21+;8-,9+,10+,13+,14+;7-/m000/s1. The van der Waals surface area contributed by atoms with Crippen LogP contribution in [0.4, 0.5) is 0 Å². The lowest BCUT2D eigenvalue weighted by Crippen LogP contribution is -2.64. The summed E-state index contributed by atoms with van der Waals surface area (Å²) in [4.78, 5) is 72.7. The average molecular weight is 1200 g/mol. The molecule has 0 saturated carbocycles. The first-order valence-electron chi connectivity index (χ1n) is 26.6. The molecule has 16 nitrogen and oxygen atoms in total. The molecule has 10 rings (SSSR count). The van der Waals surface area contributed by atoms with Gasteiger partial charge in [0, 0.05) is 75.5 Å². The smallest absolute Gasteiger partial charge is 0.356 e. The molecule has 78 heavy (non-hydrogen) atoms. The second-order valence-electron chi connectivity index (χ2n) is 22.3. The molecule has 4 N–H and O–H groups in total. The zero-order valence-electron chi connectivity index (χ0n) is 46.5. The maximum atomic E-state index is 13.3. The van der Waals surface area contributed by atoms with E-state index in [0.717, 1.165) is 73.4 Å². The average Bonchev–Trinajstić information content (AvgIpc) is 4.26. The maximum absolute atomic E-state index is 13.3. The zero-order chi connectivity index (χ0) is 56.7. The summed E-state index contributed by atoms with van der Waals surface area (Å²) in [7, 11) is 2.47. The van der Waals surface area contributed by atoms with Gasteiger partial charge in [-0.15, -0.1) is 34.0 Å². The van der Waals surface area contributed by atoms with Crippen molar-refractivity contribution in [1.82, 2.24) is 39.9 Å². The van der Waals surface area contributed by atoms with E-state index in [0.29, 0.717) is 28.7 Å². The van der Waals surface area contributed by atoms with Gasteiger partial charge in [0.05, 0.1) is 53.2 Å². The highest BCUT2D eigenvalue weighted by molar-refractivity contribution is 8.05. The molecule has 0 bridgehead atoms. The van der Waals surface area contributed by atoms with Gasteiger partial charge in [-0.1, -0.05) is 68.3 Å². The normalized spacial score (nSPS) is 28.0. The van der Waals surface area contributed by atoms with Crippen LogP contribution in [-0.2, 0) is 28.3 Å². The number of β-lactam (4-membered cyclic amide) rings is 2. The number of aliphatic hydroxyl groups is 1. The number of esters is 1. The lowest BCUT2D eigenvalue weighted by atomic mass is 9.79. The third-order valence-corrected chi connectivity index (χ3v) is 22.1. The number of likely N-dealkylation sites (N-methyl/N-ethyl adjacent to an activating group) is 2. The van der Waals surface area contributed by atoms with Gasteiger partial charge in [0.25, 0.3) is 0 Å². The van der Waals surface area contributed by atoms with Crippen molar-refractivity contribution in [2.24, 2.45) is 23.7 Å². The van der Waals surface area contributed by atoms with E-state index in [1.165, 1.54) is 62.7 Å². The van der Waals surface area contributed by atoms with Gasteiger partial charge in [0.2, 0.25) is 11.8 Å². The fraction of sp³-hybridized carbons (Fsp3) is 0.545. The number of fused-ring (bicyclic) bond motifs is 2. The summed E-state index contributed by atoms with van der Waals surface area (Å²) in [6.45, 7) is 27.0. The number of H-pyrrole nitrogens is 1. The van der Waals surface area contributed by atoms with Gasteiger partial charge < -0.3 is 39.5 Å². The Morgan fingerprint density at radius 3 is 1.86 bits per heavy atom. The maximum Gasteiger partial charge on any atom is 0.356 e. The molecule has 422 valence electrons. The Bertz CT molecular complexity index is 3010. The number of nitrogens with one attached hydrogen (secondary N) is 2. The second-order valence-corrected chi connectivity index (χ2v) is 32.6. The topological polar surface area (TPSA) is 194 Å². The molecule has 11 atom stereocenters. The SMILES string of the molecule is C=CCOC(=O)C1=C(Sc2nc(C3=CC[C@H](C)N(C)C3)cs2)[C@H](C)[C@@H]2[C@@H]([C@@H](C)O[Si](C)(C)C)C(=O)N12.C[C@H]1CC=C(c2csc(=S)[nH]2)CN1C.C[C@H]1CC=C(c2csc(SC3=C(C(=O)O)N4C(=O)[C@H]([C@@H](C)O)[C@H]4[C@H]3C)n2)CN1. The van der Waals surface area contributed by atoms with E-state index in [1.54, 1.807) is 34.5 Å². The molecular formula is C55H74N8O8S6Si. The Morgan fingerprint density at radius 2 is 1.35 bits per heavy atom. The summed E-state index contributed by atoms with van der Waals surface area (Å²) in [5.41, 5.74) is 7.23. The van der Waals surface area contributed by atoms with Crippen LogP contribution in [0, 0.1) is 27.6 Å². The van der Waals surface area contributed by atoms with Crippen molar-refractivity contribution in [3.05, 3.63) is 89.3 Å². The van der Waals surface area contributed by atoms with Crippen LogP contribution in [0.2, 0.25) is 19.6 Å². The van der Waals surface area contributed by atoms with Crippen LogP contribution < -0.4 is 5.32 Å². The van der Waals surface area contributed by atoms with Gasteiger partial charge in [-0.3, -0.25) is 19.4 Å². The molecule has 23 heteroatoms. The van der Waals surface area contributed by atoms with Crippen molar-refractivity contribution < 1.29 is 38.6 Å². The summed E-state index contributed by atoms with van der Waals surface area (Å²) in [5, 5.41) is 29.2. The first-order chi connectivity index (χ1) is 36.9. The highest BCUT2D eigenvalue weighted by Crippen LogP contribution is 2.54. The van der Waals surface area contributed by atoms with Crippen molar-refractivity contribution in [2.75, 3.05) is 40.3 Å². The number of carboxylic acids is 1. The van der Waals surface area contributed by atoms with Crippen LogP contribution in [0.3, 0.4) is 0 Å². The number of aliphatic hydroxyl groups excluding tert-OH is 1. The predicted octanol–water partition coefficient (Wildman–Crippen LogP) is 10.1. The monoisotopic (exact) mass is 1190 g/mol. The number of aromatic amines is 1. The molecule has 0 aliphatic carbocycles. The molecule has 7 aliphatic heterocycles. The van der Waals surface area contributed by atoms with Crippen LogP contribution in [-0.4, -0.2) is 160 Å². The fourth-order valence-corrected chi connectivity index (χ4v) is 17.3. The Morgan fingerprint density at radius 1 is 0.821 bits per heavy atom.